The minimum absolute atomic E-state index is 0.376. The van der Waals surface area contributed by atoms with E-state index in [4.69, 9.17) is 9.47 Å². The third-order valence-electron chi connectivity index (χ3n) is 3.21. The van der Waals surface area contributed by atoms with Crippen LogP contribution in [0, 0.1) is 0 Å². The van der Waals surface area contributed by atoms with Crippen LogP contribution in [0.2, 0.25) is 0 Å². The lowest BCUT2D eigenvalue weighted by Crippen LogP contribution is -2.00. The molecular weight excluding hydrogens is 268 g/mol. The molecule has 0 N–H and O–H groups in total. The van der Waals surface area contributed by atoms with E-state index in [0.717, 1.165) is 17.4 Å². The van der Waals surface area contributed by atoms with Gasteiger partial charge >= 0.3 is 0 Å². The predicted octanol–water partition coefficient (Wildman–Crippen LogP) is 2.73. The summed E-state index contributed by atoms with van der Waals surface area (Å²) in [5.74, 6) is 1.17. The molecule has 3 rings (SSSR count). The van der Waals surface area contributed by atoms with Crippen LogP contribution in [0.25, 0.3) is 5.52 Å². The van der Waals surface area contributed by atoms with Crippen molar-refractivity contribution in [1.82, 2.24) is 9.38 Å². The van der Waals surface area contributed by atoms with E-state index in [-0.39, 0.29) is 0 Å². The van der Waals surface area contributed by atoms with Gasteiger partial charge in [-0.05, 0) is 24.3 Å². The second-order valence-corrected chi connectivity index (χ2v) is 4.57. The Morgan fingerprint density at radius 3 is 3.00 bits per heavy atom. The Morgan fingerprint density at radius 1 is 1.29 bits per heavy atom. The number of aromatic nitrogens is 2. The molecule has 5 heteroatoms. The number of nitrogens with zero attached hydrogens (tertiary/aromatic N) is 2. The van der Waals surface area contributed by atoms with Crippen LogP contribution >= 0.6 is 0 Å². The normalized spacial score (nSPS) is 10.5. The maximum atomic E-state index is 11.1. The molecule has 5 nitrogen and oxygen atoms in total. The first-order valence-corrected chi connectivity index (χ1v) is 6.47. The summed E-state index contributed by atoms with van der Waals surface area (Å²) in [6, 6.07) is 9.10. The van der Waals surface area contributed by atoms with E-state index in [1.54, 1.807) is 37.8 Å². The third-order valence-corrected chi connectivity index (χ3v) is 3.21. The van der Waals surface area contributed by atoms with Crippen LogP contribution in [0.3, 0.4) is 0 Å². The van der Waals surface area contributed by atoms with Gasteiger partial charge in [0.15, 0.2) is 6.29 Å². The third kappa shape index (κ3) is 2.72. The van der Waals surface area contributed by atoms with Gasteiger partial charge in [0.25, 0.3) is 0 Å². The molecule has 3 aromatic rings. The lowest BCUT2D eigenvalue weighted by atomic mass is 10.2. The van der Waals surface area contributed by atoms with Crippen molar-refractivity contribution in [2.24, 2.45) is 0 Å². The second-order valence-electron chi connectivity index (χ2n) is 4.57. The number of pyridine rings is 1. The average molecular weight is 282 g/mol. The predicted molar refractivity (Wildman–Crippen MR) is 77.9 cm³/mol. The number of carbonyl (C=O) groups is 1. The van der Waals surface area contributed by atoms with Crippen molar-refractivity contribution >= 4 is 11.8 Å². The monoisotopic (exact) mass is 282 g/mol. The summed E-state index contributed by atoms with van der Waals surface area (Å²) in [7, 11) is 1.56. The number of fused-ring (bicyclic) bond motifs is 1. The summed E-state index contributed by atoms with van der Waals surface area (Å²) in [4.78, 5) is 15.2. The molecule has 0 aliphatic heterocycles. The van der Waals surface area contributed by atoms with Gasteiger partial charge in [0.1, 0.15) is 18.1 Å². The number of aldehydes is 1. The van der Waals surface area contributed by atoms with Crippen molar-refractivity contribution in [3.8, 4) is 11.5 Å². The first-order chi connectivity index (χ1) is 10.3. The Labute approximate surface area is 121 Å². The van der Waals surface area contributed by atoms with Crippen LogP contribution in [-0.4, -0.2) is 22.8 Å². The summed E-state index contributed by atoms with van der Waals surface area (Å²) in [6.45, 7) is 0.376. The highest BCUT2D eigenvalue weighted by Crippen LogP contribution is 2.23. The second kappa shape index (κ2) is 5.66. The Kier molecular flexibility index (Phi) is 3.55. The first kappa shape index (κ1) is 13.2. The van der Waals surface area contributed by atoms with Gasteiger partial charge in [-0.25, -0.2) is 4.98 Å². The summed E-state index contributed by atoms with van der Waals surface area (Å²) in [5.41, 5.74) is 2.49. The Morgan fingerprint density at radius 2 is 2.19 bits per heavy atom. The number of methoxy groups -OCH3 is 1. The fraction of sp³-hybridized carbons (Fsp3) is 0.125. The molecule has 21 heavy (non-hydrogen) atoms. The molecule has 0 amide bonds. The van der Waals surface area contributed by atoms with Gasteiger partial charge in [0, 0.05) is 11.8 Å². The number of imidazole rings is 1. The van der Waals surface area contributed by atoms with E-state index in [9.17, 15) is 4.79 Å². The lowest BCUT2D eigenvalue weighted by molar-refractivity contribution is 0.111. The zero-order valence-electron chi connectivity index (χ0n) is 11.5. The minimum Gasteiger partial charge on any atom is -0.497 e. The maximum Gasteiger partial charge on any atom is 0.153 e. The van der Waals surface area contributed by atoms with Crippen molar-refractivity contribution in [2.45, 2.75) is 6.61 Å². The molecule has 0 spiro atoms. The quantitative estimate of drug-likeness (QED) is 0.675. The summed E-state index contributed by atoms with van der Waals surface area (Å²) < 4.78 is 12.7. The van der Waals surface area contributed by atoms with Crippen molar-refractivity contribution in [2.75, 3.05) is 7.11 Å². The Hall–Kier alpha value is -2.82. The lowest BCUT2D eigenvalue weighted by Gasteiger charge is -2.10. The molecule has 0 saturated heterocycles. The maximum absolute atomic E-state index is 11.1. The van der Waals surface area contributed by atoms with E-state index in [1.165, 1.54) is 0 Å². The van der Waals surface area contributed by atoms with Gasteiger partial charge in [-0.1, -0.05) is 6.07 Å². The summed E-state index contributed by atoms with van der Waals surface area (Å²) in [5, 5.41) is 0. The molecule has 2 heterocycles. The molecular formula is C16H14N2O3. The topological polar surface area (TPSA) is 52.8 Å². The van der Waals surface area contributed by atoms with Crippen molar-refractivity contribution in [1.29, 1.82) is 0 Å². The van der Waals surface area contributed by atoms with Crippen LogP contribution in [0.15, 0.2) is 49.1 Å². The summed E-state index contributed by atoms with van der Waals surface area (Å²) in [6.07, 6.45) is 6.24. The number of hydrogen-bond acceptors (Lipinski definition) is 4. The number of benzene rings is 1. The molecule has 0 fully saturated rings. The molecule has 1 aromatic carbocycles. The largest absolute Gasteiger partial charge is 0.497 e. The number of ether oxygens (including phenoxy) is 2. The van der Waals surface area contributed by atoms with Crippen molar-refractivity contribution < 1.29 is 14.3 Å². The average Bonchev–Trinajstić information content (AvgIpc) is 3.00. The SMILES string of the molecule is COc1ccc(OCc2ccc3cncn3c2)c(C=O)c1. The van der Waals surface area contributed by atoms with Gasteiger partial charge in [-0.3, -0.25) is 4.79 Å². The van der Waals surface area contributed by atoms with E-state index < -0.39 is 0 Å². The minimum atomic E-state index is 0.376. The van der Waals surface area contributed by atoms with E-state index in [2.05, 4.69) is 4.98 Å². The van der Waals surface area contributed by atoms with E-state index in [0.29, 0.717) is 23.7 Å². The zero-order valence-corrected chi connectivity index (χ0v) is 11.5. The van der Waals surface area contributed by atoms with Crippen LogP contribution in [0.4, 0.5) is 0 Å². The Balaban J connectivity index is 1.79. The molecule has 0 atom stereocenters. The molecule has 106 valence electrons. The van der Waals surface area contributed by atoms with Gasteiger partial charge in [0.05, 0.1) is 30.7 Å². The number of rotatable bonds is 5. The molecule has 0 aliphatic carbocycles. The fourth-order valence-electron chi connectivity index (χ4n) is 2.09. The van der Waals surface area contributed by atoms with Crippen LogP contribution in [-0.2, 0) is 6.61 Å². The molecule has 0 unspecified atom stereocenters. The molecule has 0 saturated carbocycles. The van der Waals surface area contributed by atoms with Crippen molar-refractivity contribution in [3.63, 3.8) is 0 Å². The highest BCUT2D eigenvalue weighted by atomic mass is 16.5. The van der Waals surface area contributed by atoms with Gasteiger partial charge in [-0.2, -0.15) is 0 Å². The smallest absolute Gasteiger partial charge is 0.153 e. The van der Waals surface area contributed by atoms with E-state index >= 15 is 0 Å². The Bertz CT molecular complexity index is 780. The van der Waals surface area contributed by atoms with E-state index in [1.807, 2.05) is 22.7 Å². The van der Waals surface area contributed by atoms with Crippen LogP contribution < -0.4 is 9.47 Å². The number of hydrogen-bond donors (Lipinski definition) is 0. The molecule has 0 radical (unpaired) electrons. The highest BCUT2D eigenvalue weighted by Gasteiger charge is 2.06. The molecule has 0 aliphatic rings. The molecule has 0 bridgehead atoms. The van der Waals surface area contributed by atoms with Gasteiger partial charge < -0.3 is 13.9 Å². The van der Waals surface area contributed by atoms with Gasteiger partial charge in [-0.15, -0.1) is 0 Å². The van der Waals surface area contributed by atoms with Crippen LogP contribution in [0.1, 0.15) is 15.9 Å². The summed E-state index contributed by atoms with van der Waals surface area (Å²) >= 11 is 0. The first-order valence-electron chi connectivity index (χ1n) is 6.47. The van der Waals surface area contributed by atoms with Gasteiger partial charge in [0.2, 0.25) is 0 Å². The zero-order chi connectivity index (χ0) is 14.7. The van der Waals surface area contributed by atoms with Crippen molar-refractivity contribution in [3.05, 3.63) is 60.2 Å². The van der Waals surface area contributed by atoms with Crippen LogP contribution in [0.5, 0.6) is 11.5 Å². The molecule has 2 aromatic heterocycles. The standard InChI is InChI=1S/C16H14N2O3/c1-20-15-4-5-16(13(6-15)9-19)21-10-12-2-3-14-7-17-11-18(14)8-12/h2-9,11H,10H2,1H3. The highest BCUT2D eigenvalue weighted by molar-refractivity contribution is 5.80. The number of carbonyl (C=O) groups excluding carboxylic acids is 1. The fourth-order valence-corrected chi connectivity index (χ4v) is 2.09.